The van der Waals surface area contributed by atoms with E-state index in [1.165, 1.54) is 17.2 Å². The molecule has 2 aliphatic rings. The van der Waals surface area contributed by atoms with Crippen molar-refractivity contribution in [1.82, 2.24) is 19.5 Å². The molecule has 0 radical (unpaired) electrons. The Morgan fingerprint density at radius 1 is 0.972 bits per heavy atom. The van der Waals surface area contributed by atoms with Gasteiger partial charge < -0.3 is 55.3 Å². The van der Waals surface area contributed by atoms with Crippen molar-refractivity contribution in [2.24, 2.45) is 0 Å². The van der Waals surface area contributed by atoms with Gasteiger partial charge in [-0.05, 0) is 12.5 Å². The van der Waals surface area contributed by atoms with Crippen molar-refractivity contribution in [3.05, 3.63) is 24.3 Å². The number of aliphatic hydroxyl groups excluding tert-OH is 7. The minimum atomic E-state index is -1.51. The Balaban J connectivity index is 1.36. The van der Waals surface area contributed by atoms with Crippen LogP contribution in [0.25, 0.3) is 11.2 Å². The Kier molecular flexibility index (Phi) is 8.46. The molecule has 2 aromatic heterocycles. The zero-order valence-corrected chi connectivity index (χ0v) is 19.4. The summed E-state index contributed by atoms with van der Waals surface area (Å²) >= 11 is 0. The molecule has 0 saturated carbocycles. The van der Waals surface area contributed by atoms with Gasteiger partial charge in [0, 0.05) is 6.54 Å². The van der Waals surface area contributed by atoms with E-state index in [-0.39, 0.29) is 6.61 Å². The second-order valence-electron chi connectivity index (χ2n) is 8.71. The van der Waals surface area contributed by atoms with Gasteiger partial charge in [0.15, 0.2) is 29.5 Å². The SMILES string of the molecule is C/C(=C\CNc1ncnc2c1ncn2[C@@H]1O[C@H](CO)[C@@H](O)[C@H]1O)CO[C@@H]1O[C@H](CO)[C@@H](O)[C@H](O)[C@H]1O. The zero-order valence-electron chi connectivity index (χ0n) is 19.4. The molecule has 4 rings (SSSR count). The van der Waals surface area contributed by atoms with Gasteiger partial charge in [0.25, 0.3) is 0 Å². The molecule has 15 heteroatoms. The summed E-state index contributed by atoms with van der Waals surface area (Å²) in [6, 6.07) is 0. The molecule has 2 saturated heterocycles. The number of imidazole rings is 1. The van der Waals surface area contributed by atoms with Crippen molar-refractivity contribution >= 4 is 17.0 Å². The lowest BCUT2D eigenvalue weighted by molar-refractivity contribution is -0.299. The van der Waals surface area contributed by atoms with Gasteiger partial charge in [-0.25, -0.2) is 15.0 Å². The molecule has 2 fully saturated rings. The van der Waals surface area contributed by atoms with E-state index in [0.29, 0.717) is 23.5 Å². The summed E-state index contributed by atoms with van der Waals surface area (Å²) < 4.78 is 17.8. The number of fused-ring (bicyclic) bond motifs is 1. The summed E-state index contributed by atoms with van der Waals surface area (Å²) in [5, 5.41) is 71.7. The zero-order chi connectivity index (χ0) is 26.0. The topological polar surface area (TPSA) is 225 Å². The van der Waals surface area contributed by atoms with Crippen LogP contribution in [-0.2, 0) is 14.2 Å². The van der Waals surface area contributed by atoms with E-state index < -0.39 is 68.5 Å². The van der Waals surface area contributed by atoms with Crippen molar-refractivity contribution in [2.75, 3.05) is 31.7 Å². The van der Waals surface area contributed by atoms with E-state index in [1.54, 1.807) is 13.0 Å². The Bertz CT molecular complexity index is 1050. The van der Waals surface area contributed by atoms with Crippen LogP contribution < -0.4 is 5.32 Å². The van der Waals surface area contributed by atoms with Crippen molar-refractivity contribution in [1.29, 1.82) is 0 Å². The van der Waals surface area contributed by atoms with Crippen LogP contribution in [0.3, 0.4) is 0 Å². The molecule has 4 heterocycles. The maximum Gasteiger partial charge on any atom is 0.187 e. The van der Waals surface area contributed by atoms with Crippen LogP contribution in [0.2, 0.25) is 0 Å². The number of hydrogen-bond donors (Lipinski definition) is 8. The van der Waals surface area contributed by atoms with Crippen LogP contribution in [0, 0.1) is 0 Å². The highest BCUT2D eigenvalue weighted by Crippen LogP contribution is 2.32. The summed E-state index contributed by atoms with van der Waals surface area (Å²) in [6.45, 7) is 1.15. The van der Waals surface area contributed by atoms with E-state index >= 15 is 0 Å². The van der Waals surface area contributed by atoms with Crippen LogP contribution in [0.15, 0.2) is 24.3 Å². The molecule has 0 amide bonds. The van der Waals surface area contributed by atoms with Crippen LogP contribution in [0.5, 0.6) is 0 Å². The first-order chi connectivity index (χ1) is 17.3. The first-order valence-electron chi connectivity index (χ1n) is 11.4. The predicted molar refractivity (Wildman–Crippen MR) is 120 cm³/mol. The highest BCUT2D eigenvalue weighted by molar-refractivity contribution is 5.82. The fourth-order valence-electron chi connectivity index (χ4n) is 4.08. The molecule has 8 N–H and O–H groups in total. The molecule has 0 spiro atoms. The molecule has 0 aliphatic carbocycles. The molecule has 2 aromatic rings. The van der Waals surface area contributed by atoms with Crippen molar-refractivity contribution in [3.63, 3.8) is 0 Å². The van der Waals surface area contributed by atoms with E-state index in [1.807, 2.05) is 0 Å². The minimum Gasteiger partial charge on any atom is -0.394 e. The molecule has 36 heavy (non-hydrogen) atoms. The Labute approximate surface area is 205 Å². The third-order valence-corrected chi connectivity index (χ3v) is 6.19. The highest BCUT2D eigenvalue weighted by atomic mass is 16.7. The number of aliphatic hydroxyl groups is 7. The van der Waals surface area contributed by atoms with E-state index in [4.69, 9.17) is 14.2 Å². The number of anilines is 1. The summed E-state index contributed by atoms with van der Waals surface area (Å²) in [5.74, 6) is 0.407. The lowest BCUT2D eigenvalue weighted by Crippen LogP contribution is -2.59. The van der Waals surface area contributed by atoms with Gasteiger partial charge in [-0.1, -0.05) is 6.08 Å². The van der Waals surface area contributed by atoms with Crippen LogP contribution in [-0.4, -0.2) is 131 Å². The van der Waals surface area contributed by atoms with Gasteiger partial charge in [0.2, 0.25) is 0 Å². The number of ether oxygens (including phenoxy) is 3. The number of aromatic nitrogens is 4. The molecule has 0 unspecified atom stereocenters. The summed E-state index contributed by atoms with van der Waals surface area (Å²) in [7, 11) is 0. The molecular formula is C21H31N5O10. The van der Waals surface area contributed by atoms with E-state index in [2.05, 4.69) is 20.3 Å². The molecule has 200 valence electrons. The van der Waals surface area contributed by atoms with Gasteiger partial charge in [0.05, 0.1) is 26.1 Å². The lowest BCUT2D eigenvalue weighted by Gasteiger charge is -2.39. The third-order valence-electron chi connectivity index (χ3n) is 6.19. The average Bonchev–Trinajstić information content (AvgIpc) is 3.43. The number of nitrogens with zero attached hydrogens (tertiary/aromatic N) is 4. The minimum absolute atomic E-state index is 0.0451. The third kappa shape index (κ3) is 5.21. The Hall–Kier alpha value is -2.31. The Morgan fingerprint density at radius 3 is 2.36 bits per heavy atom. The molecule has 9 atom stereocenters. The smallest absolute Gasteiger partial charge is 0.187 e. The first kappa shape index (κ1) is 26.7. The lowest BCUT2D eigenvalue weighted by atomic mass is 9.99. The van der Waals surface area contributed by atoms with Crippen LogP contribution >= 0.6 is 0 Å². The van der Waals surface area contributed by atoms with E-state index in [0.717, 1.165) is 5.57 Å². The van der Waals surface area contributed by atoms with Gasteiger partial charge >= 0.3 is 0 Å². The maximum absolute atomic E-state index is 10.3. The number of nitrogens with one attached hydrogen (secondary N) is 1. The van der Waals surface area contributed by atoms with Gasteiger partial charge in [-0.2, -0.15) is 0 Å². The molecule has 0 bridgehead atoms. The van der Waals surface area contributed by atoms with Gasteiger partial charge in [0.1, 0.15) is 49.1 Å². The first-order valence-corrected chi connectivity index (χ1v) is 11.4. The fraction of sp³-hybridized carbons (Fsp3) is 0.667. The van der Waals surface area contributed by atoms with Crippen molar-refractivity contribution in [2.45, 2.75) is 62.2 Å². The largest absolute Gasteiger partial charge is 0.394 e. The van der Waals surface area contributed by atoms with E-state index in [9.17, 15) is 35.7 Å². The molecular weight excluding hydrogens is 482 g/mol. The van der Waals surface area contributed by atoms with Gasteiger partial charge in [-0.3, -0.25) is 4.57 Å². The standard InChI is InChI=1S/C21H31N5O10/c1-9(6-34-21-17(33)15(31)13(29)11(5-28)36-21)2-3-22-18-12-19(24-7-23-18)26(8-25-12)20-16(32)14(30)10(4-27)35-20/h2,7-8,10-11,13-17,20-21,27-33H,3-6H2,1H3,(H,22,23,24)/b9-2+/t10-,11-,13-,14-,15+,16-,17-,20-,21-/m1/s1. The summed E-state index contributed by atoms with van der Waals surface area (Å²) in [4.78, 5) is 12.7. The maximum atomic E-state index is 10.3. The van der Waals surface area contributed by atoms with Gasteiger partial charge in [-0.15, -0.1) is 0 Å². The molecule has 0 aromatic carbocycles. The van der Waals surface area contributed by atoms with Crippen molar-refractivity contribution < 1.29 is 50.0 Å². The average molecular weight is 514 g/mol. The fourth-order valence-corrected chi connectivity index (χ4v) is 4.08. The normalized spacial score (nSPS) is 35.4. The molecule has 2 aliphatic heterocycles. The summed E-state index contributed by atoms with van der Waals surface area (Å²) in [5.41, 5.74) is 1.51. The predicted octanol–water partition coefficient (Wildman–Crippen LogP) is -3.39. The number of hydrogen-bond acceptors (Lipinski definition) is 14. The molecule has 15 nitrogen and oxygen atoms in total. The quantitative estimate of drug-likeness (QED) is 0.153. The monoisotopic (exact) mass is 513 g/mol. The van der Waals surface area contributed by atoms with Crippen molar-refractivity contribution in [3.8, 4) is 0 Å². The van der Waals surface area contributed by atoms with Crippen LogP contribution in [0.1, 0.15) is 13.2 Å². The number of rotatable bonds is 9. The highest BCUT2D eigenvalue weighted by Gasteiger charge is 2.45. The summed E-state index contributed by atoms with van der Waals surface area (Å²) in [6.07, 6.45) is -6.66. The second kappa shape index (κ2) is 11.4. The Morgan fingerprint density at radius 2 is 1.67 bits per heavy atom. The van der Waals surface area contributed by atoms with Crippen LogP contribution in [0.4, 0.5) is 5.82 Å². The second-order valence-corrected chi connectivity index (χ2v) is 8.71.